The first-order valence-corrected chi connectivity index (χ1v) is 14.4. The molecule has 4 N–H and O–H groups in total. The first-order chi connectivity index (χ1) is 20.2. The molecule has 220 valence electrons. The van der Waals surface area contributed by atoms with E-state index in [9.17, 15) is 24.3 Å². The van der Waals surface area contributed by atoms with Crippen molar-refractivity contribution in [3.05, 3.63) is 83.2 Å². The van der Waals surface area contributed by atoms with Gasteiger partial charge in [0.2, 0.25) is 11.8 Å². The number of aromatic amines is 1. The topological polar surface area (TPSA) is 141 Å². The number of carboxylic acid groups (broad SMARTS) is 1. The van der Waals surface area contributed by atoms with E-state index >= 15 is 0 Å². The minimum atomic E-state index is -1.13. The van der Waals surface area contributed by atoms with Gasteiger partial charge in [0.25, 0.3) is 5.91 Å². The molecule has 1 aromatic heterocycles. The number of aromatic nitrogens is 1. The number of benzene rings is 2. The number of hydrogen-bond acceptors (Lipinski definition) is 5. The molecule has 2 aromatic carbocycles. The number of likely N-dealkylation sites (tertiary alicyclic amines) is 1. The summed E-state index contributed by atoms with van der Waals surface area (Å²) in [4.78, 5) is 56.3. The highest BCUT2D eigenvalue weighted by Gasteiger charge is 2.42. The predicted molar refractivity (Wildman–Crippen MR) is 155 cm³/mol. The number of carboxylic acids is 1. The summed E-state index contributed by atoms with van der Waals surface area (Å²) >= 11 is 0. The lowest BCUT2D eigenvalue weighted by Crippen LogP contribution is -2.52. The Bertz CT molecular complexity index is 1460. The highest BCUT2D eigenvalue weighted by Crippen LogP contribution is 2.37. The van der Waals surface area contributed by atoms with Crippen LogP contribution in [0.2, 0.25) is 0 Å². The standard InChI is InChI=1S/C32H36N4O6/c1-2-23-8-11-26(34-23)29(38)36-16-13-32(14-17-36)20-22-4-3-5-25(18-22)42-24-9-6-21(7-10-24)19-27(30(39)40)35-28(37)12-15-33-31(32)41/h3-11,18,27,34H,2,12-17,19-20H2,1H3,(H,33,41)(H,35,37)(H,39,40)/t27-/m0/s1. The van der Waals surface area contributed by atoms with Gasteiger partial charge in [-0.25, -0.2) is 4.79 Å². The Morgan fingerprint density at radius 1 is 1.00 bits per heavy atom. The van der Waals surface area contributed by atoms with Crippen LogP contribution in [0.25, 0.3) is 0 Å². The molecule has 4 bridgehead atoms. The first kappa shape index (κ1) is 28.9. The number of ether oxygens (including phenoxy) is 1. The molecule has 0 unspecified atom stereocenters. The average Bonchev–Trinajstić information content (AvgIpc) is 3.47. The first-order valence-electron chi connectivity index (χ1n) is 14.4. The number of aliphatic carboxylic acids is 1. The van der Waals surface area contributed by atoms with Gasteiger partial charge in [0.1, 0.15) is 23.2 Å². The van der Waals surface area contributed by atoms with Crippen molar-refractivity contribution in [2.75, 3.05) is 19.6 Å². The quantitative estimate of drug-likeness (QED) is 0.379. The molecule has 3 aromatic rings. The molecule has 1 spiro atoms. The number of carbonyl (C=O) groups is 4. The number of carbonyl (C=O) groups excluding carboxylic acids is 3. The van der Waals surface area contributed by atoms with E-state index in [0.29, 0.717) is 49.5 Å². The smallest absolute Gasteiger partial charge is 0.326 e. The van der Waals surface area contributed by atoms with Crippen LogP contribution in [0.5, 0.6) is 11.5 Å². The number of amides is 3. The molecule has 1 saturated heterocycles. The van der Waals surface area contributed by atoms with Crippen LogP contribution < -0.4 is 15.4 Å². The second kappa shape index (κ2) is 12.5. The zero-order valence-corrected chi connectivity index (χ0v) is 23.7. The van der Waals surface area contributed by atoms with Gasteiger partial charge in [-0.15, -0.1) is 0 Å². The molecule has 0 aliphatic carbocycles. The summed E-state index contributed by atoms with van der Waals surface area (Å²) in [6.07, 6.45) is 2.21. The van der Waals surface area contributed by atoms with Gasteiger partial charge >= 0.3 is 5.97 Å². The lowest BCUT2D eigenvalue weighted by Gasteiger charge is -2.41. The largest absolute Gasteiger partial charge is 0.480 e. The van der Waals surface area contributed by atoms with Gasteiger partial charge in [-0.3, -0.25) is 14.4 Å². The van der Waals surface area contributed by atoms with E-state index in [1.54, 1.807) is 35.2 Å². The Kier molecular flexibility index (Phi) is 8.61. The molecular weight excluding hydrogens is 536 g/mol. The average molecular weight is 573 g/mol. The fourth-order valence-corrected chi connectivity index (χ4v) is 5.68. The number of rotatable bonds is 3. The predicted octanol–water partition coefficient (Wildman–Crippen LogP) is 3.47. The van der Waals surface area contributed by atoms with Crippen LogP contribution in [0.1, 0.15) is 53.5 Å². The van der Waals surface area contributed by atoms with Crippen molar-refractivity contribution >= 4 is 23.7 Å². The Hall–Kier alpha value is -4.60. The third-order valence-corrected chi connectivity index (χ3v) is 8.16. The molecule has 3 aliphatic heterocycles. The van der Waals surface area contributed by atoms with E-state index < -0.39 is 23.3 Å². The lowest BCUT2D eigenvalue weighted by molar-refractivity contribution is -0.142. The molecule has 0 radical (unpaired) electrons. The Morgan fingerprint density at radius 3 is 2.45 bits per heavy atom. The maximum absolute atomic E-state index is 13.7. The summed E-state index contributed by atoms with van der Waals surface area (Å²) in [6, 6.07) is 17.3. The van der Waals surface area contributed by atoms with Gasteiger partial charge in [0.15, 0.2) is 0 Å². The Morgan fingerprint density at radius 2 is 1.76 bits per heavy atom. The third-order valence-electron chi connectivity index (χ3n) is 8.16. The van der Waals surface area contributed by atoms with Crippen LogP contribution in [-0.4, -0.2) is 64.4 Å². The van der Waals surface area contributed by atoms with E-state index in [-0.39, 0.29) is 31.2 Å². The van der Waals surface area contributed by atoms with Crippen LogP contribution in [0.15, 0.2) is 60.7 Å². The van der Waals surface area contributed by atoms with E-state index in [4.69, 9.17) is 4.74 Å². The Balaban J connectivity index is 1.39. The van der Waals surface area contributed by atoms with Crippen LogP contribution in [-0.2, 0) is 33.6 Å². The summed E-state index contributed by atoms with van der Waals surface area (Å²) < 4.78 is 6.08. The lowest BCUT2D eigenvalue weighted by atomic mass is 9.72. The second-order valence-electron chi connectivity index (χ2n) is 11.1. The zero-order chi connectivity index (χ0) is 29.7. The van der Waals surface area contributed by atoms with Crippen molar-refractivity contribution in [2.45, 2.75) is 51.5 Å². The summed E-state index contributed by atoms with van der Waals surface area (Å²) in [5.74, 6) is -0.655. The van der Waals surface area contributed by atoms with Crippen molar-refractivity contribution in [3.8, 4) is 11.5 Å². The maximum Gasteiger partial charge on any atom is 0.326 e. The van der Waals surface area contributed by atoms with E-state index in [0.717, 1.165) is 23.2 Å². The second-order valence-corrected chi connectivity index (χ2v) is 11.1. The SMILES string of the molecule is CCc1ccc(C(=O)N2CCC3(CC2)Cc2cccc(c2)Oc2ccc(cc2)C[C@@H](C(=O)O)NC(=O)CCNC3=O)[nH]1. The van der Waals surface area contributed by atoms with Gasteiger partial charge in [-0.2, -0.15) is 0 Å². The monoisotopic (exact) mass is 572 g/mol. The highest BCUT2D eigenvalue weighted by molar-refractivity contribution is 5.93. The van der Waals surface area contributed by atoms with Crippen molar-refractivity contribution < 1.29 is 29.0 Å². The van der Waals surface area contributed by atoms with Crippen LogP contribution >= 0.6 is 0 Å². The van der Waals surface area contributed by atoms with Crippen molar-refractivity contribution in [1.82, 2.24) is 20.5 Å². The Labute approximate surface area is 244 Å². The molecule has 3 amide bonds. The molecule has 42 heavy (non-hydrogen) atoms. The molecule has 3 aliphatic rings. The number of fused-ring (bicyclic) bond motifs is 9. The van der Waals surface area contributed by atoms with Gasteiger partial charge < -0.3 is 30.4 Å². The van der Waals surface area contributed by atoms with E-state index in [1.807, 2.05) is 37.3 Å². The highest BCUT2D eigenvalue weighted by atomic mass is 16.5. The minimum Gasteiger partial charge on any atom is -0.480 e. The molecule has 10 nitrogen and oxygen atoms in total. The number of piperidine rings is 1. The van der Waals surface area contributed by atoms with Crippen molar-refractivity contribution in [1.29, 1.82) is 0 Å². The van der Waals surface area contributed by atoms with Gasteiger partial charge in [-0.1, -0.05) is 31.2 Å². The van der Waals surface area contributed by atoms with Crippen LogP contribution in [0.3, 0.4) is 0 Å². The molecule has 4 heterocycles. The summed E-state index contributed by atoms with van der Waals surface area (Å²) in [6.45, 7) is 2.92. The normalized spacial score (nSPS) is 19.3. The molecule has 1 atom stereocenters. The molecule has 0 saturated carbocycles. The summed E-state index contributed by atoms with van der Waals surface area (Å²) in [5.41, 5.74) is 2.41. The van der Waals surface area contributed by atoms with E-state index in [2.05, 4.69) is 15.6 Å². The minimum absolute atomic E-state index is 0.0505. The number of nitrogens with one attached hydrogen (secondary N) is 3. The summed E-state index contributed by atoms with van der Waals surface area (Å²) in [7, 11) is 0. The zero-order valence-electron chi connectivity index (χ0n) is 23.7. The molecular formula is C32H36N4O6. The number of aryl methyl sites for hydroxylation is 1. The van der Waals surface area contributed by atoms with Gasteiger partial charge in [0.05, 0.1) is 5.41 Å². The number of H-pyrrole nitrogens is 1. The van der Waals surface area contributed by atoms with E-state index in [1.165, 1.54) is 0 Å². The number of nitrogens with zero attached hydrogens (tertiary/aromatic N) is 1. The van der Waals surface area contributed by atoms with Crippen LogP contribution in [0.4, 0.5) is 0 Å². The van der Waals surface area contributed by atoms with Gasteiger partial charge in [0, 0.05) is 38.2 Å². The fraction of sp³-hybridized carbons (Fsp3) is 0.375. The fourth-order valence-electron chi connectivity index (χ4n) is 5.68. The van der Waals surface area contributed by atoms with Gasteiger partial charge in [-0.05, 0) is 73.2 Å². The molecule has 1 fully saturated rings. The van der Waals surface area contributed by atoms with Crippen molar-refractivity contribution in [3.63, 3.8) is 0 Å². The molecule has 6 rings (SSSR count). The van der Waals surface area contributed by atoms with Crippen LogP contribution in [0, 0.1) is 5.41 Å². The van der Waals surface area contributed by atoms with Crippen molar-refractivity contribution in [2.24, 2.45) is 5.41 Å². The number of hydrogen-bond donors (Lipinski definition) is 4. The summed E-state index contributed by atoms with van der Waals surface area (Å²) in [5, 5.41) is 15.2. The maximum atomic E-state index is 13.7. The molecule has 10 heteroatoms. The third kappa shape index (κ3) is 6.64.